The molecule has 1 N–H and O–H groups in total. The minimum Gasteiger partial charge on any atom is -0.352 e. The summed E-state index contributed by atoms with van der Waals surface area (Å²) in [4.78, 5) is 15.6. The Kier molecular flexibility index (Phi) is 5.34. The van der Waals surface area contributed by atoms with E-state index in [4.69, 9.17) is 0 Å². The Labute approximate surface area is 138 Å². The number of hydrogen-bond acceptors (Lipinski definition) is 2. The third-order valence-electron chi connectivity index (χ3n) is 3.32. The van der Waals surface area contributed by atoms with Crippen LogP contribution >= 0.6 is 0 Å². The molecule has 0 radical (unpaired) electrons. The van der Waals surface area contributed by atoms with E-state index in [1.165, 1.54) is 12.3 Å². The summed E-state index contributed by atoms with van der Waals surface area (Å²) in [5.41, 5.74) is -2.94. The predicted octanol–water partition coefficient (Wildman–Crippen LogP) is 4.09. The number of alkyl halides is 6. The van der Waals surface area contributed by atoms with Crippen LogP contribution in [0.25, 0.3) is 0 Å². The third-order valence-corrected chi connectivity index (χ3v) is 3.32. The number of pyridine rings is 1. The minimum absolute atomic E-state index is 0.268. The zero-order chi connectivity index (χ0) is 18.7. The van der Waals surface area contributed by atoms with Crippen molar-refractivity contribution in [3.8, 4) is 0 Å². The van der Waals surface area contributed by atoms with Gasteiger partial charge in [-0.25, -0.2) is 0 Å². The van der Waals surface area contributed by atoms with E-state index >= 15 is 0 Å². The molecule has 1 aromatic carbocycles. The maximum absolute atomic E-state index is 12.9. The van der Waals surface area contributed by atoms with Crippen molar-refractivity contribution in [1.29, 1.82) is 0 Å². The van der Waals surface area contributed by atoms with Crippen molar-refractivity contribution in [3.63, 3.8) is 0 Å². The summed E-state index contributed by atoms with van der Waals surface area (Å²) in [5, 5.41) is 2.19. The average Bonchev–Trinajstić information content (AvgIpc) is 2.53. The van der Waals surface area contributed by atoms with E-state index in [-0.39, 0.29) is 18.7 Å². The highest BCUT2D eigenvalue weighted by molar-refractivity contribution is 5.95. The average molecular weight is 362 g/mol. The molecule has 0 saturated carbocycles. The van der Waals surface area contributed by atoms with Crippen LogP contribution in [0.5, 0.6) is 0 Å². The van der Waals surface area contributed by atoms with Gasteiger partial charge in [0.05, 0.1) is 22.4 Å². The molecule has 0 unspecified atom stereocenters. The van der Waals surface area contributed by atoms with E-state index in [2.05, 4.69) is 10.3 Å². The Hall–Kier alpha value is -2.58. The van der Waals surface area contributed by atoms with Crippen LogP contribution < -0.4 is 5.32 Å². The molecule has 134 valence electrons. The zero-order valence-electron chi connectivity index (χ0n) is 12.6. The number of amides is 1. The second kappa shape index (κ2) is 7.12. The van der Waals surface area contributed by atoms with Crippen molar-refractivity contribution >= 4 is 5.91 Å². The lowest BCUT2D eigenvalue weighted by molar-refractivity contribution is -0.139. The van der Waals surface area contributed by atoms with Crippen molar-refractivity contribution in [2.24, 2.45) is 0 Å². The van der Waals surface area contributed by atoms with Gasteiger partial charge in [-0.2, -0.15) is 26.3 Å². The summed E-state index contributed by atoms with van der Waals surface area (Å²) in [6, 6.07) is 6.15. The van der Waals surface area contributed by atoms with Crippen molar-refractivity contribution in [2.75, 3.05) is 6.54 Å². The summed E-state index contributed by atoms with van der Waals surface area (Å²) in [5.74, 6) is -1.02. The fourth-order valence-corrected chi connectivity index (χ4v) is 2.21. The van der Waals surface area contributed by atoms with Gasteiger partial charge in [-0.15, -0.1) is 0 Å². The minimum atomic E-state index is -4.71. The summed E-state index contributed by atoms with van der Waals surface area (Å²) in [7, 11) is 0. The smallest absolute Gasteiger partial charge is 0.352 e. The van der Waals surface area contributed by atoms with Gasteiger partial charge in [0.2, 0.25) is 0 Å². The Bertz CT molecular complexity index is 755. The molecule has 0 fully saturated rings. The predicted molar refractivity (Wildman–Crippen MR) is 76.7 cm³/mol. The van der Waals surface area contributed by atoms with Gasteiger partial charge >= 0.3 is 12.4 Å². The Balaban J connectivity index is 2.08. The van der Waals surface area contributed by atoms with Crippen molar-refractivity contribution in [1.82, 2.24) is 10.3 Å². The maximum atomic E-state index is 12.9. The maximum Gasteiger partial charge on any atom is 0.418 e. The molecule has 25 heavy (non-hydrogen) atoms. The first-order valence-electron chi connectivity index (χ1n) is 7.06. The lowest BCUT2D eigenvalue weighted by Crippen LogP contribution is -2.28. The van der Waals surface area contributed by atoms with Gasteiger partial charge in [0.15, 0.2) is 0 Å². The van der Waals surface area contributed by atoms with Crippen molar-refractivity contribution in [2.45, 2.75) is 18.8 Å². The Morgan fingerprint density at radius 3 is 2.16 bits per heavy atom. The molecule has 0 aliphatic heterocycles. The van der Waals surface area contributed by atoms with Crippen LogP contribution in [0, 0.1) is 0 Å². The highest BCUT2D eigenvalue weighted by atomic mass is 19.4. The van der Waals surface area contributed by atoms with Crippen LogP contribution in [-0.4, -0.2) is 17.4 Å². The Morgan fingerprint density at radius 2 is 1.52 bits per heavy atom. The molecule has 9 heteroatoms. The molecule has 1 heterocycles. The topological polar surface area (TPSA) is 42.0 Å². The van der Waals surface area contributed by atoms with E-state index < -0.39 is 35.0 Å². The van der Waals surface area contributed by atoms with Crippen LogP contribution in [0.1, 0.15) is 27.2 Å². The second-order valence-electron chi connectivity index (χ2n) is 5.04. The van der Waals surface area contributed by atoms with E-state index in [9.17, 15) is 31.1 Å². The standard InChI is InChI=1S/C16H12F6N2O/c17-15(18,19)11-5-2-1-4-10(11)14(25)24-9-7-13-12(16(20,21)22)6-3-8-23-13/h1-6,8H,7,9H2,(H,24,25). The highest BCUT2D eigenvalue weighted by Crippen LogP contribution is 2.32. The molecule has 0 spiro atoms. The summed E-state index contributed by atoms with van der Waals surface area (Å²) in [6.45, 7) is -0.287. The zero-order valence-corrected chi connectivity index (χ0v) is 12.6. The van der Waals surface area contributed by atoms with Gasteiger partial charge < -0.3 is 5.32 Å². The molecule has 0 aliphatic carbocycles. The number of hydrogen-bond donors (Lipinski definition) is 1. The first kappa shape index (κ1) is 18.8. The molecule has 2 rings (SSSR count). The van der Waals surface area contributed by atoms with Crippen LogP contribution in [0.4, 0.5) is 26.3 Å². The van der Waals surface area contributed by atoms with E-state index in [0.29, 0.717) is 0 Å². The molecule has 1 amide bonds. The number of aromatic nitrogens is 1. The Morgan fingerprint density at radius 1 is 0.920 bits per heavy atom. The van der Waals surface area contributed by atoms with Gasteiger partial charge in [0.25, 0.3) is 5.91 Å². The first-order valence-corrected chi connectivity index (χ1v) is 7.06. The monoisotopic (exact) mass is 362 g/mol. The lowest BCUT2D eigenvalue weighted by Gasteiger charge is -2.14. The molecule has 0 saturated heterocycles. The van der Waals surface area contributed by atoms with Crippen LogP contribution in [-0.2, 0) is 18.8 Å². The quantitative estimate of drug-likeness (QED) is 0.833. The molecule has 2 aromatic rings. The van der Waals surface area contributed by atoms with E-state index in [1.807, 2.05) is 0 Å². The number of carbonyl (C=O) groups is 1. The largest absolute Gasteiger partial charge is 0.418 e. The summed E-state index contributed by atoms with van der Waals surface area (Å²) >= 11 is 0. The van der Waals surface area contributed by atoms with Crippen molar-refractivity contribution in [3.05, 3.63) is 65.0 Å². The van der Waals surface area contributed by atoms with Gasteiger partial charge in [-0.1, -0.05) is 12.1 Å². The molecule has 0 atom stereocenters. The van der Waals surface area contributed by atoms with E-state index in [0.717, 1.165) is 30.3 Å². The first-order chi connectivity index (χ1) is 11.6. The highest BCUT2D eigenvalue weighted by Gasteiger charge is 2.35. The number of benzene rings is 1. The molecule has 1 aromatic heterocycles. The molecule has 0 aliphatic rings. The van der Waals surface area contributed by atoms with E-state index in [1.54, 1.807) is 0 Å². The SMILES string of the molecule is O=C(NCCc1ncccc1C(F)(F)F)c1ccccc1C(F)(F)F. The lowest BCUT2D eigenvalue weighted by atomic mass is 10.1. The molecular weight excluding hydrogens is 350 g/mol. The number of carbonyl (C=O) groups excluding carboxylic acids is 1. The van der Waals surface area contributed by atoms with Crippen molar-refractivity contribution < 1.29 is 31.1 Å². The van der Waals surface area contributed by atoms with Crippen LogP contribution in [0.2, 0.25) is 0 Å². The molecule has 0 bridgehead atoms. The second-order valence-corrected chi connectivity index (χ2v) is 5.04. The molecule has 3 nitrogen and oxygen atoms in total. The summed E-state index contributed by atoms with van der Waals surface area (Å²) < 4.78 is 77.1. The van der Waals surface area contributed by atoms with Gasteiger partial charge in [-0.05, 0) is 24.3 Å². The number of nitrogens with zero attached hydrogens (tertiary/aromatic N) is 1. The normalized spacial score (nSPS) is 12.1. The van der Waals surface area contributed by atoms with Crippen LogP contribution in [0.3, 0.4) is 0 Å². The van der Waals surface area contributed by atoms with Gasteiger partial charge in [-0.3, -0.25) is 9.78 Å². The summed E-state index contributed by atoms with van der Waals surface area (Å²) in [6.07, 6.45) is -8.41. The van der Waals surface area contributed by atoms with Gasteiger partial charge in [0, 0.05) is 19.2 Å². The number of rotatable bonds is 4. The fraction of sp³-hybridized carbons (Fsp3) is 0.250. The third kappa shape index (κ3) is 4.71. The number of nitrogens with one attached hydrogen (secondary N) is 1. The fourth-order valence-electron chi connectivity index (χ4n) is 2.21. The number of halogens is 6. The van der Waals surface area contributed by atoms with Crippen LogP contribution in [0.15, 0.2) is 42.6 Å². The van der Waals surface area contributed by atoms with Gasteiger partial charge in [0.1, 0.15) is 0 Å². The molecular formula is C16H12F6N2O.